The zero-order valence-electron chi connectivity index (χ0n) is 15.0. The maximum atomic E-state index is 13.1. The third kappa shape index (κ3) is 4.42. The van der Waals surface area contributed by atoms with Crippen LogP contribution in [0.1, 0.15) is 21.7 Å². The summed E-state index contributed by atoms with van der Waals surface area (Å²) in [5.41, 5.74) is 0.942. The van der Waals surface area contributed by atoms with Gasteiger partial charge in [0.15, 0.2) is 0 Å². The molecule has 0 amide bonds. The molecule has 0 unspecified atom stereocenters. The summed E-state index contributed by atoms with van der Waals surface area (Å²) in [4.78, 5) is 11.6. The Morgan fingerprint density at radius 1 is 1.04 bits per heavy atom. The normalized spacial score (nSPS) is 10.6. The van der Waals surface area contributed by atoms with Crippen LogP contribution in [0.4, 0.5) is 0 Å². The van der Waals surface area contributed by atoms with E-state index in [9.17, 15) is 13.2 Å². The SMILES string of the molecule is COC(=O)c1ccc(S(=O)(=O)N(C#Cc2ccccc2)Cc2ccco2)cc1. The largest absolute Gasteiger partial charge is 0.467 e. The van der Waals surface area contributed by atoms with Gasteiger partial charge in [-0.1, -0.05) is 18.2 Å². The van der Waals surface area contributed by atoms with Crippen LogP contribution in [0.15, 0.2) is 82.3 Å². The van der Waals surface area contributed by atoms with Crippen molar-refractivity contribution < 1.29 is 22.4 Å². The summed E-state index contributed by atoms with van der Waals surface area (Å²) in [6, 6.07) is 20.6. The Kier molecular flexibility index (Phi) is 5.82. The van der Waals surface area contributed by atoms with E-state index in [0.717, 1.165) is 4.31 Å². The smallest absolute Gasteiger partial charge is 0.337 e. The maximum absolute atomic E-state index is 13.1. The van der Waals surface area contributed by atoms with Gasteiger partial charge in [-0.3, -0.25) is 0 Å². The second kappa shape index (κ2) is 8.46. The lowest BCUT2D eigenvalue weighted by molar-refractivity contribution is 0.0600. The molecular formula is C21H17NO5S. The number of rotatable bonds is 5. The van der Waals surface area contributed by atoms with Gasteiger partial charge in [-0.25, -0.2) is 17.5 Å². The van der Waals surface area contributed by atoms with Crippen LogP contribution < -0.4 is 0 Å². The molecule has 0 bridgehead atoms. The standard InChI is InChI=1S/C21H17NO5S/c1-26-21(23)18-9-11-20(12-10-18)28(24,25)22(16-19-8-5-15-27-19)14-13-17-6-3-2-4-7-17/h2-12,15H,16H2,1H3. The Morgan fingerprint density at radius 2 is 1.75 bits per heavy atom. The molecule has 3 aromatic rings. The molecule has 0 saturated carbocycles. The molecule has 142 valence electrons. The van der Waals surface area contributed by atoms with E-state index < -0.39 is 16.0 Å². The number of ether oxygens (including phenoxy) is 1. The van der Waals surface area contributed by atoms with Crippen LogP contribution in [0.5, 0.6) is 0 Å². The number of hydrogen-bond donors (Lipinski definition) is 0. The first kappa shape index (κ1) is 19.3. The van der Waals surface area contributed by atoms with E-state index >= 15 is 0 Å². The number of methoxy groups -OCH3 is 1. The predicted molar refractivity (Wildman–Crippen MR) is 103 cm³/mol. The molecule has 3 rings (SSSR count). The Balaban J connectivity index is 1.96. The lowest BCUT2D eigenvalue weighted by Crippen LogP contribution is -2.26. The molecular weight excluding hydrogens is 378 g/mol. The second-order valence-electron chi connectivity index (χ2n) is 5.71. The van der Waals surface area contributed by atoms with E-state index in [1.807, 2.05) is 18.2 Å². The summed E-state index contributed by atoms with van der Waals surface area (Å²) < 4.78 is 37.1. The molecule has 6 nitrogen and oxygen atoms in total. The second-order valence-corrected chi connectivity index (χ2v) is 7.57. The molecule has 0 fully saturated rings. The summed E-state index contributed by atoms with van der Waals surface area (Å²) >= 11 is 0. The lowest BCUT2D eigenvalue weighted by Gasteiger charge is -2.17. The zero-order chi connectivity index (χ0) is 20.0. The van der Waals surface area contributed by atoms with Gasteiger partial charge < -0.3 is 9.15 Å². The third-order valence-electron chi connectivity index (χ3n) is 3.84. The summed E-state index contributed by atoms with van der Waals surface area (Å²) in [5, 5.41) is 0. The highest BCUT2D eigenvalue weighted by atomic mass is 32.2. The molecule has 2 aromatic carbocycles. The lowest BCUT2D eigenvalue weighted by atomic mass is 10.2. The molecule has 7 heteroatoms. The average molecular weight is 395 g/mol. The van der Waals surface area contributed by atoms with Crippen molar-refractivity contribution in [2.45, 2.75) is 11.4 Å². The molecule has 0 spiro atoms. The van der Waals surface area contributed by atoms with Gasteiger partial charge in [-0.2, -0.15) is 0 Å². The van der Waals surface area contributed by atoms with Crippen molar-refractivity contribution in [2.75, 3.05) is 7.11 Å². The van der Waals surface area contributed by atoms with Gasteiger partial charge in [0.25, 0.3) is 10.0 Å². The number of furan rings is 1. The number of esters is 1. The molecule has 0 atom stereocenters. The van der Waals surface area contributed by atoms with Crippen LogP contribution in [0.2, 0.25) is 0 Å². The van der Waals surface area contributed by atoms with E-state index in [-0.39, 0.29) is 17.0 Å². The highest BCUT2D eigenvalue weighted by molar-refractivity contribution is 7.89. The van der Waals surface area contributed by atoms with Crippen LogP contribution in [-0.4, -0.2) is 25.8 Å². The zero-order valence-corrected chi connectivity index (χ0v) is 15.8. The number of sulfonamides is 1. The van der Waals surface area contributed by atoms with Gasteiger partial charge in [-0.05, 0) is 54.5 Å². The molecule has 0 radical (unpaired) electrons. The number of benzene rings is 2. The Labute approximate surface area is 163 Å². The molecule has 0 N–H and O–H groups in total. The fourth-order valence-corrected chi connectivity index (χ4v) is 3.58. The van der Waals surface area contributed by atoms with E-state index in [2.05, 4.69) is 16.7 Å². The molecule has 1 heterocycles. The number of carbonyl (C=O) groups is 1. The van der Waals surface area contributed by atoms with E-state index in [1.54, 1.807) is 24.3 Å². The number of nitrogens with zero attached hydrogens (tertiary/aromatic N) is 1. The van der Waals surface area contributed by atoms with Gasteiger partial charge in [-0.15, -0.1) is 0 Å². The number of carbonyl (C=O) groups excluding carboxylic acids is 1. The van der Waals surface area contributed by atoms with Crippen LogP contribution in [0, 0.1) is 12.0 Å². The minimum atomic E-state index is -3.95. The summed E-state index contributed by atoms with van der Waals surface area (Å²) in [6.07, 6.45) is 1.47. The molecule has 1 aromatic heterocycles. The molecule has 0 saturated heterocycles. The van der Waals surface area contributed by atoms with E-state index in [0.29, 0.717) is 11.3 Å². The van der Waals surface area contributed by atoms with Crippen LogP contribution >= 0.6 is 0 Å². The maximum Gasteiger partial charge on any atom is 0.337 e. The van der Waals surface area contributed by atoms with Crippen LogP contribution in [0.3, 0.4) is 0 Å². The Hall–Kier alpha value is -3.50. The van der Waals surface area contributed by atoms with Gasteiger partial charge in [0, 0.05) is 11.6 Å². The first-order valence-electron chi connectivity index (χ1n) is 8.31. The summed E-state index contributed by atoms with van der Waals surface area (Å²) in [5.74, 6) is 2.77. The van der Waals surface area contributed by atoms with Gasteiger partial charge >= 0.3 is 5.97 Å². The van der Waals surface area contributed by atoms with Crippen molar-refractivity contribution in [1.29, 1.82) is 0 Å². The van der Waals surface area contributed by atoms with Crippen molar-refractivity contribution in [3.05, 3.63) is 89.9 Å². The summed E-state index contributed by atoms with van der Waals surface area (Å²) in [6.45, 7) is -0.0477. The molecule has 0 aliphatic carbocycles. The van der Waals surface area contributed by atoms with Crippen molar-refractivity contribution in [2.24, 2.45) is 0 Å². The topological polar surface area (TPSA) is 76.8 Å². The highest BCUT2D eigenvalue weighted by Crippen LogP contribution is 2.19. The highest BCUT2D eigenvalue weighted by Gasteiger charge is 2.24. The van der Waals surface area contributed by atoms with Crippen LogP contribution in [-0.2, 0) is 21.3 Å². The van der Waals surface area contributed by atoms with Crippen molar-refractivity contribution in [1.82, 2.24) is 4.31 Å². The molecule has 0 aliphatic heterocycles. The minimum Gasteiger partial charge on any atom is -0.467 e. The minimum absolute atomic E-state index is 0.00840. The predicted octanol–water partition coefficient (Wildman–Crippen LogP) is 3.27. The van der Waals surface area contributed by atoms with Crippen molar-refractivity contribution in [3.8, 4) is 12.0 Å². The molecule has 28 heavy (non-hydrogen) atoms. The average Bonchev–Trinajstić information content (AvgIpc) is 3.24. The number of hydrogen-bond acceptors (Lipinski definition) is 5. The van der Waals surface area contributed by atoms with Crippen LogP contribution in [0.25, 0.3) is 0 Å². The monoisotopic (exact) mass is 395 g/mol. The first-order valence-corrected chi connectivity index (χ1v) is 9.75. The van der Waals surface area contributed by atoms with Gasteiger partial charge in [0.05, 0.1) is 23.8 Å². The van der Waals surface area contributed by atoms with E-state index in [1.165, 1.54) is 37.6 Å². The molecule has 0 aliphatic rings. The fourth-order valence-electron chi connectivity index (χ4n) is 2.39. The fraction of sp³-hybridized carbons (Fsp3) is 0.0952. The first-order chi connectivity index (χ1) is 13.5. The Morgan fingerprint density at radius 3 is 2.36 bits per heavy atom. The third-order valence-corrected chi connectivity index (χ3v) is 5.51. The van der Waals surface area contributed by atoms with Crippen molar-refractivity contribution in [3.63, 3.8) is 0 Å². The quantitative estimate of drug-likeness (QED) is 0.376. The van der Waals surface area contributed by atoms with Gasteiger partial charge in [0.1, 0.15) is 12.3 Å². The van der Waals surface area contributed by atoms with E-state index in [4.69, 9.17) is 4.42 Å². The van der Waals surface area contributed by atoms with Crippen molar-refractivity contribution >= 4 is 16.0 Å². The summed E-state index contributed by atoms with van der Waals surface area (Å²) in [7, 11) is -2.69. The van der Waals surface area contributed by atoms with Gasteiger partial charge in [0.2, 0.25) is 0 Å². The Bertz CT molecular complexity index is 1090.